The number of nitrogens with one attached hydrogen (secondary N) is 1. The van der Waals surface area contributed by atoms with Crippen LogP contribution in [-0.2, 0) is 14.9 Å². The van der Waals surface area contributed by atoms with Crippen LogP contribution in [-0.4, -0.2) is 78.9 Å². The van der Waals surface area contributed by atoms with Crippen molar-refractivity contribution in [3.8, 4) is 0 Å². The first kappa shape index (κ1) is 21.2. The van der Waals surface area contributed by atoms with E-state index in [4.69, 9.17) is 9.84 Å². The molecular weight excluding hydrogens is 346 g/mol. The fourth-order valence-corrected chi connectivity index (χ4v) is 3.23. The van der Waals surface area contributed by atoms with Gasteiger partial charge in [0.1, 0.15) is 0 Å². The van der Waals surface area contributed by atoms with Crippen molar-refractivity contribution < 1.29 is 19.4 Å². The lowest BCUT2D eigenvalue weighted by Crippen LogP contribution is -2.56. The Morgan fingerprint density at radius 2 is 2.04 bits per heavy atom. The number of likely N-dealkylation sites (N-methyl/N-ethyl adjacent to an activating group) is 1. The number of morpholine rings is 1. The number of ether oxygens (including phenoxy) is 1. The Morgan fingerprint density at radius 3 is 2.67 bits per heavy atom. The zero-order valence-corrected chi connectivity index (χ0v) is 16.6. The van der Waals surface area contributed by atoms with Crippen LogP contribution in [0.3, 0.4) is 0 Å². The van der Waals surface area contributed by atoms with Crippen molar-refractivity contribution in [3.63, 3.8) is 0 Å². The Bertz CT molecular complexity index is 635. The fourth-order valence-electron chi connectivity index (χ4n) is 3.23. The SMILES string of the molecule is CC(NC(=O)N1CCOC(CN(C)CC(=O)O)C1)C(C)(C)c1ccccc1. The van der Waals surface area contributed by atoms with Gasteiger partial charge in [0.15, 0.2) is 0 Å². The molecule has 27 heavy (non-hydrogen) atoms. The summed E-state index contributed by atoms with van der Waals surface area (Å²) >= 11 is 0. The van der Waals surface area contributed by atoms with E-state index in [0.717, 1.165) is 0 Å². The molecule has 1 aromatic carbocycles. The van der Waals surface area contributed by atoms with Gasteiger partial charge >= 0.3 is 12.0 Å². The number of carbonyl (C=O) groups excluding carboxylic acids is 1. The molecule has 1 saturated heterocycles. The molecule has 2 amide bonds. The normalized spacial score (nSPS) is 19.0. The molecule has 0 radical (unpaired) electrons. The van der Waals surface area contributed by atoms with Crippen LogP contribution in [0, 0.1) is 0 Å². The summed E-state index contributed by atoms with van der Waals surface area (Å²) in [6.07, 6.45) is -0.189. The molecule has 1 aliphatic heterocycles. The van der Waals surface area contributed by atoms with Crippen molar-refractivity contribution in [2.45, 2.75) is 38.3 Å². The summed E-state index contributed by atoms with van der Waals surface area (Å²) in [6.45, 7) is 8.12. The first-order chi connectivity index (χ1) is 12.7. The van der Waals surface area contributed by atoms with E-state index < -0.39 is 5.97 Å². The molecule has 1 fully saturated rings. The smallest absolute Gasteiger partial charge is 0.317 e. The molecule has 0 saturated carbocycles. The number of urea groups is 1. The average Bonchev–Trinajstić information content (AvgIpc) is 2.61. The molecule has 0 aromatic heterocycles. The maximum atomic E-state index is 12.7. The number of carboxylic acid groups (broad SMARTS) is 1. The highest BCUT2D eigenvalue weighted by molar-refractivity contribution is 5.75. The Hall–Kier alpha value is -2.12. The van der Waals surface area contributed by atoms with Crippen LogP contribution in [0.4, 0.5) is 4.79 Å². The highest BCUT2D eigenvalue weighted by atomic mass is 16.5. The van der Waals surface area contributed by atoms with Gasteiger partial charge in [0.05, 0.1) is 19.3 Å². The topological polar surface area (TPSA) is 82.1 Å². The van der Waals surface area contributed by atoms with Crippen LogP contribution >= 0.6 is 0 Å². The summed E-state index contributed by atoms with van der Waals surface area (Å²) in [5, 5.41) is 12.0. The maximum Gasteiger partial charge on any atom is 0.317 e. The largest absolute Gasteiger partial charge is 0.480 e. The minimum atomic E-state index is -0.875. The number of carboxylic acids is 1. The van der Waals surface area contributed by atoms with E-state index in [2.05, 4.69) is 31.3 Å². The molecule has 7 nitrogen and oxygen atoms in total. The molecule has 2 rings (SSSR count). The van der Waals surface area contributed by atoms with Gasteiger partial charge in [-0.1, -0.05) is 44.2 Å². The monoisotopic (exact) mass is 377 g/mol. The molecule has 0 bridgehead atoms. The number of aliphatic carboxylic acids is 1. The summed E-state index contributed by atoms with van der Waals surface area (Å²) in [5.74, 6) is -0.875. The van der Waals surface area contributed by atoms with Crippen LogP contribution in [0.1, 0.15) is 26.3 Å². The van der Waals surface area contributed by atoms with E-state index >= 15 is 0 Å². The van der Waals surface area contributed by atoms with Gasteiger partial charge in [0.2, 0.25) is 0 Å². The number of hydrogen-bond acceptors (Lipinski definition) is 4. The maximum absolute atomic E-state index is 12.7. The molecule has 2 N–H and O–H groups in total. The van der Waals surface area contributed by atoms with E-state index in [-0.39, 0.29) is 30.1 Å². The van der Waals surface area contributed by atoms with Crippen LogP contribution in [0.25, 0.3) is 0 Å². The third-order valence-corrected chi connectivity index (χ3v) is 5.29. The van der Waals surface area contributed by atoms with Crippen molar-refractivity contribution >= 4 is 12.0 Å². The fraction of sp³-hybridized carbons (Fsp3) is 0.600. The van der Waals surface area contributed by atoms with Gasteiger partial charge in [-0.25, -0.2) is 4.79 Å². The molecule has 1 aliphatic rings. The standard InChI is InChI=1S/C20H31N3O4/c1-15(20(2,3)16-8-6-5-7-9-16)21-19(26)23-10-11-27-17(13-23)12-22(4)14-18(24)25/h5-9,15,17H,10-14H2,1-4H3,(H,21,26)(H,24,25). The summed E-state index contributed by atoms with van der Waals surface area (Å²) in [6, 6.07) is 9.98. The van der Waals surface area contributed by atoms with E-state index in [1.165, 1.54) is 5.56 Å². The Labute approximate surface area is 161 Å². The molecule has 7 heteroatoms. The van der Waals surface area contributed by atoms with Gasteiger partial charge in [-0.15, -0.1) is 0 Å². The Kier molecular flexibility index (Phi) is 7.21. The first-order valence-electron chi connectivity index (χ1n) is 9.33. The van der Waals surface area contributed by atoms with Gasteiger partial charge < -0.3 is 20.1 Å². The summed E-state index contributed by atoms with van der Waals surface area (Å²) in [5.41, 5.74) is 0.970. The predicted molar refractivity (Wildman–Crippen MR) is 104 cm³/mol. The molecular formula is C20H31N3O4. The van der Waals surface area contributed by atoms with Crippen LogP contribution in [0.2, 0.25) is 0 Å². The third-order valence-electron chi connectivity index (χ3n) is 5.29. The predicted octanol–water partition coefficient (Wildman–Crippen LogP) is 1.78. The molecule has 150 valence electrons. The third kappa shape index (κ3) is 5.94. The molecule has 2 unspecified atom stereocenters. The Morgan fingerprint density at radius 1 is 1.37 bits per heavy atom. The second kappa shape index (κ2) is 9.19. The van der Waals surface area contributed by atoms with Gasteiger partial charge in [-0.3, -0.25) is 9.69 Å². The zero-order chi connectivity index (χ0) is 20.0. The van der Waals surface area contributed by atoms with Crippen LogP contribution in [0.5, 0.6) is 0 Å². The Balaban J connectivity index is 1.92. The lowest BCUT2D eigenvalue weighted by Gasteiger charge is -2.38. The lowest BCUT2D eigenvalue weighted by atomic mass is 9.78. The summed E-state index contributed by atoms with van der Waals surface area (Å²) < 4.78 is 5.70. The van der Waals surface area contributed by atoms with E-state index in [1.807, 2.05) is 25.1 Å². The average molecular weight is 377 g/mol. The zero-order valence-electron chi connectivity index (χ0n) is 16.6. The number of carbonyl (C=O) groups is 2. The highest BCUT2D eigenvalue weighted by Gasteiger charge is 2.32. The molecule has 2 atom stereocenters. The minimum Gasteiger partial charge on any atom is -0.480 e. The summed E-state index contributed by atoms with van der Waals surface area (Å²) in [4.78, 5) is 27.0. The number of hydrogen-bond donors (Lipinski definition) is 2. The van der Waals surface area contributed by atoms with Gasteiger partial charge in [0.25, 0.3) is 0 Å². The van der Waals surface area contributed by atoms with Gasteiger partial charge in [0, 0.05) is 31.1 Å². The second-order valence-corrected chi connectivity index (χ2v) is 7.79. The van der Waals surface area contributed by atoms with E-state index in [9.17, 15) is 9.59 Å². The van der Waals surface area contributed by atoms with Gasteiger partial charge in [-0.2, -0.15) is 0 Å². The highest BCUT2D eigenvalue weighted by Crippen LogP contribution is 2.27. The quantitative estimate of drug-likeness (QED) is 0.757. The molecule has 0 spiro atoms. The van der Waals surface area contributed by atoms with Crippen molar-refractivity contribution in [1.82, 2.24) is 15.1 Å². The van der Waals surface area contributed by atoms with E-state index in [1.54, 1.807) is 16.8 Å². The minimum absolute atomic E-state index is 0.0473. The lowest BCUT2D eigenvalue weighted by molar-refractivity contribution is -0.138. The van der Waals surface area contributed by atoms with Crippen molar-refractivity contribution in [2.24, 2.45) is 0 Å². The summed E-state index contributed by atoms with van der Waals surface area (Å²) in [7, 11) is 1.74. The molecule has 1 heterocycles. The second-order valence-electron chi connectivity index (χ2n) is 7.79. The van der Waals surface area contributed by atoms with E-state index in [0.29, 0.717) is 26.2 Å². The molecule has 1 aromatic rings. The van der Waals surface area contributed by atoms with Crippen molar-refractivity contribution in [1.29, 1.82) is 0 Å². The number of nitrogens with zero attached hydrogens (tertiary/aromatic N) is 2. The molecule has 0 aliphatic carbocycles. The van der Waals surface area contributed by atoms with Crippen LogP contribution in [0.15, 0.2) is 30.3 Å². The van der Waals surface area contributed by atoms with Crippen molar-refractivity contribution in [3.05, 3.63) is 35.9 Å². The van der Waals surface area contributed by atoms with Crippen molar-refractivity contribution in [2.75, 3.05) is 39.8 Å². The number of rotatable bonds is 7. The number of benzene rings is 1. The van der Waals surface area contributed by atoms with Gasteiger partial charge in [-0.05, 0) is 19.5 Å². The first-order valence-corrected chi connectivity index (χ1v) is 9.33. The number of amides is 2. The van der Waals surface area contributed by atoms with Crippen LogP contribution < -0.4 is 5.32 Å².